The average Bonchev–Trinajstić information content (AvgIpc) is 3.19. The van der Waals surface area contributed by atoms with Crippen molar-refractivity contribution >= 4 is 25.6 Å². The number of quaternary nitrogens is 1. The standard InChI is InChI=1S/C25H48N3O2SSi/c1-10-11-12-13-17-29-25-24(26-31-27-25)23-15-14-16-28(9,18-23)22(8)30-32(19(2)3,20(4)5)21(6)7/h15,19-22H,10-14,16-18H2,1-9H3/q+1. The summed E-state index contributed by atoms with van der Waals surface area (Å²) in [5.74, 6) is 0.718. The molecule has 1 aliphatic rings. The Labute approximate surface area is 202 Å². The Morgan fingerprint density at radius 2 is 1.66 bits per heavy atom. The maximum Gasteiger partial charge on any atom is 0.253 e. The summed E-state index contributed by atoms with van der Waals surface area (Å²) in [6.45, 7) is 21.5. The molecular weight excluding hydrogens is 434 g/mol. The summed E-state index contributed by atoms with van der Waals surface area (Å²) in [4.78, 5) is 0. The number of hydrogen-bond donors (Lipinski definition) is 0. The maximum atomic E-state index is 7.18. The molecule has 7 heteroatoms. The van der Waals surface area contributed by atoms with Crippen LogP contribution in [-0.4, -0.2) is 54.5 Å². The third-order valence-electron chi connectivity index (χ3n) is 7.52. The van der Waals surface area contributed by atoms with E-state index in [0.717, 1.165) is 48.6 Å². The monoisotopic (exact) mass is 482 g/mol. The normalized spacial score (nSPS) is 20.8. The lowest BCUT2D eigenvalue weighted by molar-refractivity contribution is -0.944. The molecule has 0 N–H and O–H groups in total. The van der Waals surface area contributed by atoms with E-state index in [1.165, 1.54) is 36.6 Å². The molecule has 2 atom stereocenters. The first-order valence-corrected chi connectivity index (χ1v) is 15.6. The summed E-state index contributed by atoms with van der Waals surface area (Å²) in [7, 11) is 0.415. The van der Waals surface area contributed by atoms with E-state index >= 15 is 0 Å². The van der Waals surface area contributed by atoms with Gasteiger partial charge in [-0.05, 0) is 23.0 Å². The van der Waals surface area contributed by atoms with Crippen LogP contribution in [0.15, 0.2) is 6.08 Å². The minimum Gasteiger partial charge on any atom is -0.475 e. The van der Waals surface area contributed by atoms with Gasteiger partial charge >= 0.3 is 0 Å². The van der Waals surface area contributed by atoms with Crippen LogP contribution in [0.2, 0.25) is 16.6 Å². The largest absolute Gasteiger partial charge is 0.475 e. The summed E-state index contributed by atoms with van der Waals surface area (Å²) in [6, 6.07) is 0. The molecule has 1 aliphatic heterocycles. The van der Waals surface area contributed by atoms with E-state index in [1.807, 2.05) is 0 Å². The molecule has 1 aromatic heterocycles. The van der Waals surface area contributed by atoms with Gasteiger partial charge in [-0.1, -0.05) is 73.8 Å². The van der Waals surface area contributed by atoms with E-state index in [2.05, 4.69) is 77.3 Å². The van der Waals surface area contributed by atoms with E-state index in [-0.39, 0.29) is 6.23 Å². The van der Waals surface area contributed by atoms with Crippen molar-refractivity contribution in [2.45, 2.75) is 110 Å². The number of rotatable bonds is 13. The summed E-state index contributed by atoms with van der Waals surface area (Å²) >= 11 is 1.26. The van der Waals surface area contributed by atoms with Crippen LogP contribution in [0.3, 0.4) is 0 Å². The number of ether oxygens (including phenoxy) is 1. The fraction of sp³-hybridized carbons (Fsp3) is 0.840. The smallest absolute Gasteiger partial charge is 0.253 e. The fourth-order valence-electron chi connectivity index (χ4n) is 5.55. The van der Waals surface area contributed by atoms with Crippen molar-refractivity contribution in [3.05, 3.63) is 11.8 Å². The van der Waals surface area contributed by atoms with Gasteiger partial charge in [0.2, 0.25) is 8.32 Å². The molecule has 0 fully saturated rings. The Balaban J connectivity index is 2.14. The van der Waals surface area contributed by atoms with Gasteiger partial charge in [0, 0.05) is 18.9 Å². The maximum absolute atomic E-state index is 7.18. The van der Waals surface area contributed by atoms with E-state index < -0.39 is 8.32 Å². The van der Waals surface area contributed by atoms with Gasteiger partial charge in [0.25, 0.3) is 5.88 Å². The molecule has 2 unspecified atom stereocenters. The highest BCUT2D eigenvalue weighted by Gasteiger charge is 2.49. The van der Waals surface area contributed by atoms with Crippen LogP contribution < -0.4 is 4.74 Å². The van der Waals surface area contributed by atoms with Crippen molar-refractivity contribution < 1.29 is 13.6 Å². The Kier molecular flexibility index (Phi) is 10.4. The molecule has 1 aromatic rings. The predicted molar refractivity (Wildman–Crippen MR) is 140 cm³/mol. The van der Waals surface area contributed by atoms with Crippen LogP contribution in [0.4, 0.5) is 0 Å². The lowest BCUT2D eigenvalue weighted by Gasteiger charge is -2.49. The zero-order valence-electron chi connectivity index (χ0n) is 22.1. The molecule has 2 heterocycles. The number of aromatic nitrogens is 2. The molecule has 5 nitrogen and oxygen atoms in total. The van der Waals surface area contributed by atoms with Crippen LogP contribution in [0.5, 0.6) is 5.88 Å². The van der Waals surface area contributed by atoms with E-state index in [9.17, 15) is 0 Å². The molecular formula is C25H48N3O2SSi+. The molecule has 0 radical (unpaired) electrons. The van der Waals surface area contributed by atoms with Crippen molar-refractivity contribution in [3.63, 3.8) is 0 Å². The van der Waals surface area contributed by atoms with Crippen molar-refractivity contribution in [1.29, 1.82) is 0 Å². The minimum absolute atomic E-state index is 0.155. The molecule has 0 saturated heterocycles. The molecule has 184 valence electrons. The van der Waals surface area contributed by atoms with Crippen LogP contribution in [0.25, 0.3) is 5.57 Å². The molecule has 0 bridgehead atoms. The topological polar surface area (TPSA) is 44.2 Å². The summed E-state index contributed by atoms with van der Waals surface area (Å²) in [5, 5.41) is 0. The lowest BCUT2D eigenvalue weighted by atomic mass is 10.0. The molecule has 0 amide bonds. The second-order valence-electron chi connectivity index (χ2n) is 10.7. The lowest BCUT2D eigenvalue weighted by Crippen LogP contribution is -2.60. The van der Waals surface area contributed by atoms with Crippen molar-refractivity contribution in [2.75, 3.05) is 26.7 Å². The minimum atomic E-state index is -1.94. The number of likely N-dealkylation sites (N-methyl/N-ethyl adjacent to an activating group) is 1. The first-order valence-electron chi connectivity index (χ1n) is 12.7. The molecule has 0 aliphatic carbocycles. The quantitative estimate of drug-likeness (QED) is 0.168. The predicted octanol–water partition coefficient (Wildman–Crippen LogP) is 7.27. The second-order valence-corrected chi connectivity index (χ2v) is 16.7. The Bertz CT molecular complexity index is 713. The number of hydrogen-bond acceptors (Lipinski definition) is 5. The van der Waals surface area contributed by atoms with E-state index in [1.54, 1.807) is 0 Å². The Morgan fingerprint density at radius 1 is 1.00 bits per heavy atom. The third-order valence-corrected chi connectivity index (χ3v) is 14.2. The highest BCUT2D eigenvalue weighted by molar-refractivity contribution is 6.99. The summed E-state index contributed by atoms with van der Waals surface area (Å²) in [5.41, 5.74) is 3.98. The van der Waals surface area contributed by atoms with Gasteiger partial charge in [0.1, 0.15) is 12.2 Å². The Hall–Kier alpha value is -0.763. The highest BCUT2D eigenvalue weighted by atomic mass is 32.1. The zero-order valence-corrected chi connectivity index (χ0v) is 23.9. The number of unbranched alkanes of at least 4 members (excludes halogenated alkanes) is 3. The second kappa shape index (κ2) is 12.1. The first-order chi connectivity index (χ1) is 15.1. The SMILES string of the molecule is CCCCCCOc1nsnc1C1=CCC[N+](C)(C(C)O[Si](C(C)C)(C(C)C)C(C)C)C1. The van der Waals surface area contributed by atoms with Crippen LogP contribution in [-0.2, 0) is 4.43 Å². The van der Waals surface area contributed by atoms with Gasteiger partial charge < -0.3 is 9.16 Å². The van der Waals surface area contributed by atoms with E-state index in [4.69, 9.17) is 9.16 Å². The van der Waals surface area contributed by atoms with Crippen molar-refractivity contribution in [3.8, 4) is 5.88 Å². The van der Waals surface area contributed by atoms with Crippen molar-refractivity contribution in [1.82, 2.24) is 8.75 Å². The molecule has 0 aromatic carbocycles. The summed E-state index contributed by atoms with van der Waals surface area (Å²) in [6.07, 6.45) is 8.32. The van der Waals surface area contributed by atoms with E-state index in [0.29, 0.717) is 16.6 Å². The van der Waals surface area contributed by atoms with Gasteiger partial charge in [-0.25, -0.2) is 0 Å². The fourth-order valence-corrected chi connectivity index (χ4v) is 11.7. The van der Waals surface area contributed by atoms with Crippen LogP contribution >= 0.6 is 11.7 Å². The molecule has 0 saturated carbocycles. The highest BCUT2D eigenvalue weighted by Crippen LogP contribution is 2.44. The van der Waals surface area contributed by atoms with Crippen LogP contribution in [0, 0.1) is 0 Å². The van der Waals surface area contributed by atoms with Crippen LogP contribution in [0.1, 0.15) is 93.2 Å². The molecule has 0 spiro atoms. The molecule has 32 heavy (non-hydrogen) atoms. The molecule has 2 rings (SSSR count). The third kappa shape index (κ3) is 6.22. The first kappa shape index (κ1) is 27.5. The van der Waals surface area contributed by atoms with Gasteiger partial charge in [-0.2, -0.15) is 4.37 Å². The number of nitrogens with zero attached hydrogens (tertiary/aromatic N) is 3. The van der Waals surface area contributed by atoms with Gasteiger partial charge in [-0.15, -0.1) is 4.37 Å². The van der Waals surface area contributed by atoms with Gasteiger partial charge in [-0.3, -0.25) is 4.48 Å². The van der Waals surface area contributed by atoms with Crippen molar-refractivity contribution in [2.24, 2.45) is 0 Å². The van der Waals surface area contributed by atoms with Gasteiger partial charge in [0.15, 0.2) is 6.23 Å². The Morgan fingerprint density at radius 3 is 2.25 bits per heavy atom. The average molecular weight is 483 g/mol. The zero-order chi connectivity index (χ0) is 23.9. The summed E-state index contributed by atoms with van der Waals surface area (Å²) < 4.78 is 23.2. The van der Waals surface area contributed by atoms with Gasteiger partial charge in [0.05, 0.1) is 31.9 Å².